The van der Waals surface area contributed by atoms with Gasteiger partial charge in [0, 0.05) is 27.1 Å². The monoisotopic (exact) mass is 242 g/mol. The van der Waals surface area contributed by atoms with Crippen molar-refractivity contribution in [2.75, 3.05) is 26.7 Å². The van der Waals surface area contributed by atoms with Crippen molar-refractivity contribution in [3.8, 4) is 0 Å². The molecule has 0 saturated carbocycles. The van der Waals surface area contributed by atoms with E-state index in [9.17, 15) is 14.4 Å². The van der Waals surface area contributed by atoms with Gasteiger partial charge in [-0.2, -0.15) is 0 Å². The van der Waals surface area contributed by atoms with E-state index >= 15 is 0 Å². The van der Waals surface area contributed by atoms with Crippen LogP contribution in [0, 0.1) is 0 Å². The highest BCUT2D eigenvalue weighted by Crippen LogP contribution is 2.14. The van der Waals surface area contributed by atoms with E-state index in [2.05, 4.69) is 0 Å². The van der Waals surface area contributed by atoms with Crippen LogP contribution in [0.25, 0.3) is 0 Å². The summed E-state index contributed by atoms with van der Waals surface area (Å²) in [6, 6.07) is -0.717. The number of ether oxygens (including phenoxy) is 1. The number of esters is 1. The van der Waals surface area contributed by atoms with E-state index in [1.54, 1.807) is 14.0 Å². The summed E-state index contributed by atoms with van der Waals surface area (Å²) < 4.78 is 4.81. The maximum Gasteiger partial charge on any atom is 0.308 e. The number of likely N-dealkylation sites (N-methyl/N-ethyl adjacent to an activating group) is 1. The quantitative estimate of drug-likeness (QED) is 0.633. The predicted molar refractivity (Wildman–Crippen MR) is 60.1 cm³/mol. The largest absolute Gasteiger partial charge is 0.466 e. The number of carbonyl (C=O) groups excluding carboxylic acids is 3. The molecule has 96 valence electrons. The molecule has 0 radical (unpaired) electrons. The topological polar surface area (TPSA) is 66.9 Å². The van der Waals surface area contributed by atoms with Crippen molar-refractivity contribution >= 4 is 17.8 Å². The minimum absolute atomic E-state index is 0.0728. The number of hydrogen-bond donors (Lipinski definition) is 0. The summed E-state index contributed by atoms with van der Waals surface area (Å²) in [4.78, 5) is 37.7. The Hall–Kier alpha value is -1.59. The molecule has 1 heterocycles. The molecule has 1 aliphatic rings. The van der Waals surface area contributed by atoms with Gasteiger partial charge >= 0.3 is 5.97 Å². The molecule has 0 bridgehead atoms. The summed E-state index contributed by atoms with van der Waals surface area (Å²) in [6.45, 7) is 4.33. The van der Waals surface area contributed by atoms with Crippen molar-refractivity contribution < 1.29 is 19.1 Å². The Morgan fingerprint density at radius 3 is 2.59 bits per heavy atom. The first kappa shape index (κ1) is 13.5. The second-order valence-electron chi connectivity index (χ2n) is 4.00. The second kappa shape index (κ2) is 5.65. The molecule has 0 N–H and O–H groups in total. The summed E-state index contributed by atoms with van der Waals surface area (Å²) in [5.41, 5.74) is 0. The molecule has 6 nitrogen and oxygen atoms in total. The fraction of sp³-hybridized carbons (Fsp3) is 0.727. The second-order valence-corrected chi connectivity index (χ2v) is 4.00. The van der Waals surface area contributed by atoms with Gasteiger partial charge in [0.15, 0.2) is 0 Å². The molecule has 0 aromatic heterocycles. The van der Waals surface area contributed by atoms with Gasteiger partial charge in [-0.1, -0.05) is 0 Å². The van der Waals surface area contributed by atoms with E-state index in [1.807, 2.05) is 0 Å². The first-order valence-corrected chi connectivity index (χ1v) is 5.65. The normalized spacial score (nSPS) is 20.4. The van der Waals surface area contributed by atoms with Gasteiger partial charge in [0.1, 0.15) is 6.04 Å². The highest BCUT2D eigenvalue weighted by atomic mass is 16.5. The van der Waals surface area contributed by atoms with Crippen LogP contribution in [0.4, 0.5) is 0 Å². The molecule has 0 aliphatic carbocycles. The zero-order valence-corrected chi connectivity index (χ0v) is 10.4. The minimum Gasteiger partial charge on any atom is -0.466 e. The Morgan fingerprint density at radius 2 is 2.06 bits per heavy atom. The van der Waals surface area contributed by atoms with Crippen LogP contribution in [0.1, 0.15) is 20.3 Å². The summed E-state index contributed by atoms with van der Waals surface area (Å²) in [5.74, 6) is -0.854. The maximum absolute atomic E-state index is 11.9. The molecule has 1 atom stereocenters. The van der Waals surface area contributed by atoms with E-state index in [1.165, 1.54) is 16.7 Å². The van der Waals surface area contributed by atoms with Crippen molar-refractivity contribution in [1.29, 1.82) is 0 Å². The van der Waals surface area contributed by atoms with Gasteiger partial charge in [-0.25, -0.2) is 0 Å². The molecule has 1 rings (SSSR count). The first-order chi connectivity index (χ1) is 7.97. The van der Waals surface area contributed by atoms with Crippen LogP contribution in [0.3, 0.4) is 0 Å². The Morgan fingerprint density at radius 1 is 1.41 bits per heavy atom. The molecule has 0 aromatic rings. The lowest BCUT2D eigenvalue weighted by Crippen LogP contribution is -2.57. The van der Waals surface area contributed by atoms with Gasteiger partial charge in [0.2, 0.25) is 11.8 Å². The molecule has 1 fully saturated rings. The molecule has 0 spiro atoms. The van der Waals surface area contributed by atoms with Crippen LogP contribution in [0.5, 0.6) is 0 Å². The highest BCUT2D eigenvalue weighted by Gasteiger charge is 2.36. The standard InChI is InChI=1S/C11H18N2O4/c1-4-17-10(15)7-9-11(16)12(3)5-6-13(9)8(2)14/h9H,4-7H2,1-3H3. The summed E-state index contributed by atoms with van der Waals surface area (Å²) in [5, 5.41) is 0. The van der Waals surface area contributed by atoms with Gasteiger partial charge in [-0.3, -0.25) is 14.4 Å². The summed E-state index contributed by atoms with van der Waals surface area (Å²) in [7, 11) is 1.66. The summed E-state index contributed by atoms with van der Waals surface area (Å²) in [6.07, 6.45) is -0.0728. The van der Waals surface area contributed by atoms with E-state index in [-0.39, 0.29) is 24.8 Å². The summed E-state index contributed by atoms with van der Waals surface area (Å²) >= 11 is 0. The number of rotatable bonds is 3. The van der Waals surface area contributed by atoms with Gasteiger partial charge in [-0.15, -0.1) is 0 Å². The van der Waals surface area contributed by atoms with Crippen LogP contribution in [0.15, 0.2) is 0 Å². The molecule has 17 heavy (non-hydrogen) atoms. The number of hydrogen-bond acceptors (Lipinski definition) is 4. The third-order valence-corrected chi connectivity index (χ3v) is 2.78. The van der Waals surface area contributed by atoms with Crippen LogP contribution in [0.2, 0.25) is 0 Å². The van der Waals surface area contributed by atoms with E-state index < -0.39 is 12.0 Å². The fourth-order valence-corrected chi connectivity index (χ4v) is 1.86. The lowest BCUT2D eigenvalue weighted by molar-refractivity contribution is -0.155. The van der Waals surface area contributed by atoms with E-state index in [0.717, 1.165) is 0 Å². The van der Waals surface area contributed by atoms with Crippen LogP contribution in [-0.4, -0.2) is 60.4 Å². The SMILES string of the molecule is CCOC(=O)CC1C(=O)N(C)CCN1C(C)=O. The third-order valence-electron chi connectivity index (χ3n) is 2.78. The predicted octanol–water partition coefficient (Wildman–Crippen LogP) is -0.371. The van der Waals surface area contributed by atoms with Crippen molar-refractivity contribution in [2.24, 2.45) is 0 Å². The van der Waals surface area contributed by atoms with Gasteiger partial charge in [0.05, 0.1) is 13.0 Å². The lowest BCUT2D eigenvalue weighted by Gasteiger charge is -2.38. The van der Waals surface area contributed by atoms with Crippen LogP contribution >= 0.6 is 0 Å². The van der Waals surface area contributed by atoms with Crippen LogP contribution in [-0.2, 0) is 19.1 Å². The van der Waals surface area contributed by atoms with E-state index in [4.69, 9.17) is 4.74 Å². The van der Waals surface area contributed by atoms with Gasteiger partial charge in [-0.05, 0) is 6.92 Å². The zero-order chi connectivity index (χ0) is 13.0. The van der Waals surface area contributed by atoms with Crippen molar-refractivity contribution in [2.45, 2.75) is 26.3 Å². The molecule has 1 saturated heterocycles. The Labute approximate surface area is 101 Å². The highest BCUT2D eigenvalue weighted by molar-refractivity contribution is 5.91. The van der Waals surface area contributed by atoms with E-state index in [0.29, 0.717) is 13.1 Å². The zero-order valence-electron chi connectivity index (χ0n) is 10.4. The fourth-order valence-electron chi connectivity index (χ4n) is 1.86. The molecule has 2 amide bonds. The van der Waals surface area contributed by atoms with Gasteiger partial charge in [0.25, 0.3) is 0 Å². The average molecular weight is 242 g/mol. The number of carbonyl (C=O) groups is 3. The Kier molecular flexibility index (Phi) is 4.48. The molecule has 6 heteroatoms. The molecule has 1 aliphatic heterocycles. The number of amides is 2. The molecule has 0 aromatic carbocycles. The average Bonchev–Trinajstić information content (AvgIpc) is 2.25. The van der Waals surface area contributed by atoms with Gasteiger partial charge < -0.3 is 14.5 Å². The number of nitrogens with zero attached hydrogens (tertiary/aromatic N) is 2. The molecular weight excluding hydrogens is 224 g/mol. The minimum atomic E-state index is -0.717. The first-order valence-electron chi connectivity index (χ1n) is 5.65. The maximum atomic E-state index is 11.9. The van der Waals surface area contributed by atoms with Crippen molar-refractivity contribution in [1.82, 2.24) is 9.80 Å². The van der Waals surface area contributed by atoms with Crippen LogP contribution < -0.4 is 0 Å². The Bertz CT molecular complexity index is 329. The molecule has 1 unspecified atom stereocenters. The number of piperazine rings is 1. The Balaban J connectivity index is 2.76. The lowest BCUT2D eigenvalue weighted by atomic mass is 10.1. The molecular formula is C11H18N2O4. The third kappa shape index (κ3) is 3.18. The smallest absolute Gasteiger partial charge is 0.308 e. The van der Waals surface area contributed by atoms with Crippen molar-refractivity contribution in [3.05, 3.63) is 0 Å². The van der Waals surface area contributed by atoms with Crippen molar-refractivity contribution in [3.63, 3.8) is 0 Å².